The van der Waals surface area contributed by atoms with Crippen LogP contribution in [0.3, 0.4) is 0 Å². The van der Waals surface area contributed by atoms with Crippen LogP contribution < -0.4 is 9.78 Å². The Hall–Kier alpha value is -2.11. The summed E-state index contributed by atoms with van der Waals surface area (Å²) in [6.45, 7) is 26.6. The lowest BCUT2D eigenvalue weighted by Crippen LogP contribution is -2.18. The predicted octanol–water partition coefficient (Wildman–Crippen LogP) is 8.46. The van der Waals surface area contributed by atoms with Gasteiger partial charge in [-0.15, -0.1) is 6.58 Å². The molecule has 0 aliphatic rings. The summed E-state index contributed by atoms with van der Waals surface area (Å²) in [7, 11) is -4.72. The summed E-state index contributed by atoms with van der Waals surface area (Å²) in [5, 5.41) is 0. The standard InChI is InChI=1S/C29H43O6P/c1-13-29(11,12)21-15-17-25(23(19-21)28(8,9)10)33-35-36(30,31)34-32-24-16-14-20(26(2,3)4)18-22(24)27(5,6)7/h13-19H,1H2,2-12H3,(H,30,31). The first-order chi connectivity index (χ1) is 16.2. The fourth-order valence-electron chi connectivity index (χ4n) is 3.55. The van der Waals surface area contributed by atoms with E-state index in [1.807, 2.05) is 71.9 Å². The fraction of sp³-hybridized carbons (Fsp3) is 0.517. The maximum absolute atomic E-state index is 12.6. The average Bonchev–Trinajstić information content (AvgIpc) is 2.74. The number of allylic oxidation sites excluding steroid dienone is 1. The van der Waals surface area contributed by atoms with E-state index in [9.17, 15) is 9.46 Å². The van der Waals surface area contributed by atoms with Crippen molar-refractivity contribution in [3.63, 3.8) is 0 Å². The molecule has 200 valence electrons. The summed E-state index contributed by atoms with van der Waals surface area (Å²) < 4.78 is 22.4. The molecule has 2 rings (SSSR count). The predicted molar refractivity (Wildman–Crippen MR) is 145 cm³/mol. The van der Waals surface area contributed by atoms with E-state index in [0.29, 0.717) is 11.5 Å². The number of benzene rings is 2. The molecule has 0 fully saturated rings. The lowest BCUT2D eigenvalue weighted by Gasteiger charge is -2.27. The van der Waals surface area contributed by atoms with Crippen LogP contribution in [0.1, 0.15) is 98.4 Å². The molecule has 2 aromatic carbocycles. The highest BCUT2D eigenvalue weighted by Crippen LogP contribution is 2.47. The minimum Gasteiger partial charge on any atom is -0.327 e. The first-order valence-corrected chi connectivity index (χ1v) is 13.7. The van der Waals surface area contributed by atoms with Gasteiger partial charge in [0, 0.05) is 16.5 Å². The molecule has 0 spiro atoms. The highest BCUT2D eigenvalue weighted by Gasteiger charge is 2.31. The summed E-state index contributed by atoms with van der Waals surface area (Å²) >= 11 is 0. The van der Waals surface area contributed by atoms with Crippen LogP contribution >= 0.6 is 7.82 Å². The van der Waals surface area contributed by atoms with Crippen LogP contribution in [0.4, 0.5) is 0 Å². The Labute approximate surface area is 217 Å². The van der Waals surface area contributed by atoms with E-state index in [4.69, 9.17) is 19.1 Å². The van der Waals surface area contributed by atoms with Gasteiger partial charge in [-0.3, -0.25) is 4.89 Å². The van der Waals surface area contributed by atoms with Crippen molar-refractivity contribution in [1.29, 1.82) is 0 Å². The minimum atomic E-state index is -4.72. The highest BCUT2D eigenvalue weighted by atomic mass is 31.2. The Morgan fingerprint density at radius 2 is 1.08 bits per heavy atom. The van der Waals surface area contributed by atoms with Gasteiger partial charge >= 0.3 is 7.82 Å². The maximum Gasteiger partial charge on any atom is 0.544 e. The van der Waals surface area contributed by atoms with Crippen LogP contribution in [0.5, 0.6) is 11.5 Å². The molecule has 2 aromatic rings. The quantitative estimate of drug-likeness (QED) is 0.163. The molecule has 0 heterocycles. The Balaban J connectivity index is 2.25. The number of hydrogen-bond donors (Lipinski definition) is 1. The van der Waals surface area contributed by atoms with Gasteiger partial charge in [0.05, 0.1) is 0 Å². The van der Waals surface area contributed by atoms with Crippen molar-refractivity contribution < 1.29 is 28.6 Å². The summed E-state index contributed by atoms with van der Waals surface area (Å²) in [6, 6.07) is 11.3. The largest absolute Gasteiger partial charge is 0.544 e. The molecule has 0 aliphatic heterocycles. The van der Waals surface area contributed by atoms with E-state index in [2.05, 4.69) is 41.2 Å². The van der Waals surface area contributed by atoms with Crippen LogP contribution in [0, 0.1) is 0 Å². The van der Waals surface area contributed by atoms with E-state index in [1.165, 1.54) is 0 Å². The lowest BCUT2D eigenvalue weighted by atomic mass is 9.79. The second kappa shape index (κ2) is 10.3. The van der Waals surface area contributed by atoms with E-state index in [0.717, 1.165) is 22.3 Å². The van der Waals surface area contributed by atoms with Gasteiger partial charge in [-0.25, -0.2) is 4.57 Å². The first-order valence-electron chi connectivity index (χ1n) is 12.2. The van der Waals surface area contributed by atoms with Crippen LogP contribution in [-0.4, -0.2) is 4.89 Å². The van der Waals surface area contributed by atoms with Crippen molar-refractivity contribution in [2.45, 2.75) is 97.8 Å². The number of phosphoric acid groups is 1. The Bertz CT molecular complexity index is 1130. The molecule has 1 unspecified atom stereocenters. The average molecular weight is 519 g/mol. The van der Waals surface area contributed by atoms with Crippen molar-refractivity contribution in [1.82, 2.24) is 0 Å². The fourth-order valence-corrected chi connectivity index (χ4v) is 3.92. The van der Waals surface area contributed by atoms with Gasteiger partial charge in [-0.05, 0) is 39.5 Å². The zero-order valence-electron chi connectivity index (χ0n) is 23.7. The number of rotatable bonds is 8. The molecule has 0 aliphatic carbocycles. The van der Waals surface area contributed by atoms with Crippen LogP contribution in [0.2, 0.25) is 0 Å². The van der Waals surface area contributed by atoms with Crippen molar-refractivity contribution in [2.75, 3.05) is 0 Å². The molecule has 0 aromatic heterocycles. The van der Waals surface area contributed by atoms with Gasteiger partial charge in [0.2, 0.25) is 0 Å². The topological polar surface area (TPSA) is 74.2 Å². The molecule has 7 heteroatoms. The summed E-state index contributed by atoms with van der Waals surface area (Å²) in [6.07, 6.45) is 1.87. The van der Waals surface area contributed by atoms with Gasteiger partial charge < -0.3 is 9.78 Å². The third-order valence-corrected chi connectivity index (χ3v) is 6.66. The van der Waals surface area contributed by atoms with E-state index >= 15 is 0 Å². The monoisotopic (exact) mass is 518 g/mol. The van der Waals surface area contributed by atoms with Gasteiger partial charge in [-0.2, -0.15) is 0 Å². The molecule has 0 radical (unpaired) electrons. The van der Waals surface area contributed by atoms with Crippen molar-refractivity contribution in [3.8, 4) is 11.5 Å². The molecular weight excluding hydrogens is 475 g/mol. The van der Waals surface area contributed by atoms with Crippen molar-refractivity contribution >= 4 is 7.82 Å². The molecule has 0 saturated carbocycles. The lowest BCUT2D eigenvalue weighted by molar-refractivity contribution is -0.188. The Kier molecular flexibility index (Phi) is 8.65. The second-order valence-electron chi connectivity index (χ2n) is 12.9. The third-order valence-electron chi connectivity index (χ3n) is 6.14. The molecule has 0 amide bonds. The van der Waals surface area contributed by atoms with E-state index in [-0.39, 0.29) is 21.7 Å². The SMILES string of the molecule is C=CC(C)(C)c1ccc(OOP(=O)(O)OOc2ccc(C(C)(C)C)cc2C(C)(C)C)c(C(C)(C)C)c1. The van der Waals surface area contributed by atoms with Gasteiger partial charge in [-0.1, -0.05) is 116 Å². The van der Waals surface area contributed by atoms with Gasteiger partial charge in [0.25, 0.3) is 0 Å². The second-order valence-corrected chi connectivity index (χ2v) is 14.1. The molecule has 1 N–H and O–H groups in total. The zero-order chi connectivity index (χ0) is 27.7. The van der Waals surface area contributed by atoms with Crippen LogP contribution in [0.15, 0.2) is 49.1 Å². The van der Waals surface area contributed by atoms with Gasteiger partial charge in [0.15, 0.2) is 11.5 Å². The summed E-state index contributed by atoms with van der Waals surface area (Å²) in [4.78, 5) is 20.9. The minimum absolute atomic E-state index is 0.0657. The summed E-state index contributed by atoms with van der Waals surface area (Å²) in [5.74, 6) is 0.647. The van der Waals surface area contributed by atoms with Gasteiger partial charge in [0.1, 0.15) is 0 Å². The Morgan fingerprint density at radius 3 is 1.44 bits per heavy atom. The normalized spacial score (nSPS) is 14.8. The molecule has 36 heavy (non-hydrogen) atoms. The maximum atomic E-state index is 12.6. The molecule has 0 bridgehead atoms. The Morgan fingerprint density at radius 1 is 0.694 bits per heavy atom. The van der Waals surface area contributed by atoms with Crippen molar-refractivity contribution in [3.05, 3.63) is 71.3 Å². The zero-order valence-corrected chi connectivity index (χ0v) is 24.6. The van der Waals surface area contributed by atoms with Crippen LogP contribution in [-0.2, 0) is 35.6 Å². The first kappa shape index (κ1) is 30.1. The number of hydrogen-bond acceptors (Lipinski definition) is 5. The van der Waals surface area contributed by atoms with E-state index < -0.39 is 7.82 Å². The molecule has 0 saturated heterocycles. The smallest absolute Gasteiger partial charge is 0.327 e. The van der Waals surface area contributed by atoms with Crippen LogP contribution in [0.25, 0.3) is 0 Å². The highest BCUT2D eigenvalue weighted by molar-refractivity contribution is 7.47. The molecule has 6 nitrogen and oxygen atoms in total. The molecular formula is C29H43O6P. The molecule has 1 atom stereocenters. The summed E-state index contributed by atoms with van der Waals surface area (Å²) in [5.41, 5.74) is 2.87. The third kappa shape index (κ3) is 7.69. The van der Waals surface area contributed by atoms with E-state index in [1.54, 1.807) is 12.1 Å². The van der Waals surface area contributed by atoms with Crippen molar-refractivity contribution in [2.24, 2.45) is 0 Å².